The van der Waals surface area contributed by atoms with Crippen molar-refractivity contribution in [3.05, 3.63) is 43.3 Å². The van der Waals surface area contributed by atoms with Crippen LogP contribution in [0.25, 0.3) is 0 Å². The maximum absolute atomic E-state index is 10.5. The molecule has 2 aliphatic heterocycles. The molecule has 1 aromatic rings. The zero-order valence-corrected chi connectivity index (χ0v) is 47.0. The molecule has 356 valence electrons. The van der Waals surface area contributed by atoms with Crippen molar-refractivity contribution in [2.45, 2.75) is 243 Å². The van der Waals surface area contributed by atoms with E-state index in [4.69, 9.17) is 31.9 Å². The third kappa shape index (κ3) is 13.5. The quantitative estimate of drug-likeness (QED) is 0.133. The fraction of sp³-hybridized carbons (Fsp3) is 0.851. The maximum Gasteiger partial charge on any atom is 0.192 e. The van der Waals surface area contributed by atoms with Crippen molar-refractivity contribution in [2.24, 2.45) is 0 Å². The van der Waals surface area contributed by atoms with Gasteiger partial charge in [0, 0.05) is 46.1 Å². The Labute approximate surface area is 388 Å². The van der Waals surface area contributed by atoms with Crippen LogP contribution in [-0.2, 0) is 58.9 Å². The maximum atomic E-state index is 10.5. The van der Waals surface area contributed by atoms with Gasteiger partial charge in [-0.25, -0.2) is 0 Å². The standard InChI is InChI=1S/C26H46O4Si2.C19H40O4Si2.CH4.CH3.Pd/c1-24(2,3)31(7,8)29-22-16-21(27-18-20-14-12-11-13-15-20)17-23(26(22)19-28-26)30-32(9,10)25(4,5)6;1-17(2,3)24(7,8)22-15-11-14(20)12-16(19(15)13-21-19)23-25(9,10)18(4,5)6;;;/h11-15,21-23H,16-19H2,1-10H3;14-16,20H,11-13H2,1-10H3;1H4;1H3;/q;;;-1;/t21?,22-,23-,26?;14?,15-,16-,19?;;;/m11.../s1. The number of aliphatic hydroxyl groups excluding tert-OH is 1. The van der Waals surface area contributed by atoms with Gasteiger partial charge in [-0.15, -0.1) is 0 Å². The summed E-state index contributed by atoms with van der Waals surface area (Å²) >= 11 is 0. The molecule has 2 saturated carbocycles. The van der Waals surface area contributed by atoms with Crippen molar-refractivity contribution in [2.75, 3.05) is 13.2 Å². The van der Waals surface area contributed by atoms with Crippen LogP contribution in [0.5, 0.6) is 0 Å². The van der Waals surface area contributed by atoms with Crippen LogP contribution in [0.3, 0.4) is 0 Å². The Balaban J connectivity index is 0.000000587. The van der Waals surface area contributed by atoms with Gasteiger partial charge in [0.05, 0.1) is 56.4 Å². The first kappa shape index (κ1) is 58.4. The van der Waals surface area contributed by atoms with Crippen LogP contribution in [0.2, 0.25) is 72.5 Å². The predicted octanol–water partition coefficient (Wildman–Crippen LogP) is 12.7. The minimum absolute atomic E-state index is 0. The van der Waals surface area contributed by atoms with Crippen LogP contribution >= 0.6 is 0 Å². The Bertz CT molecular complexity index is 1390. The average Bonchev–Trinajstić information content (AvgIpc) is 3.95. The molecule has 0 amide bonds. The largest absolute Gasteiger partial charge is 0.411 e. The van der Waals surface area contributed by atoms with E-state index >= 15 is 0 Å². The van der Waals surface area contributed by atoms with Gasteiger partial charge in [0.15, 0.2) is 33.3 Å². The van der Waals surface area contributed by atoms with Crippen LogP contribution in [-0.4, -0.2) is 99.4 Å². The fourth-order valence-corrected chi connectivity index (χ4v) is 12.4. The third-order valence-electron chi connectivity index (χ3n) is 15.4. The van der Waals surface area contributed by atoms with E-state index in [-0.39, 0.29) is 103 Å². The van der Waals surface area contributed by atoms with Crippen LogP contribution in [0.4, 0.5) is 0 Å². The Morgan fingerprint density at radius 3 is 1.07 bits per heavy atom. The normalized spacial score (nSPS) is 30.0. The molecule has 2 aliphatic carbocycles. The zero-order chi connectivity index (χ0) is 43.5. The third-order valence-corrected chi connectivity index (χ3v) is 33.3. The summed E-state index contributed by atoms with van der Waals surface area (Å²) in [4.78, 5) is 0. The summed E-state index contributed by atoms with van der Waals surface area (Å²) in [5.41, 5.74) is 0.557. The SMILES string of the molecule is C.CC(C)(C)[Si](C)(C)O[C@@H]1CC(O)C[C@@H](O[Si](C)(C)C(C)(C)C)C12CO2.CC(C)(C)[Si](C)(C)O[C@@H]1CC(OCc2ccccc2)C[C@@H](O[Si](C)(C)C(C)(C)C)C12CO2.[CH3-].[Pd]. The second kappa shape index (κ2) is 20.1. The van der Waals surface area contributed by atoms with E-state index in [9.17, 15) is 5.11 Å². The Kier molecular flexibility index (Phi) is 19.6. The van der Waals surface area contributed by atoms with Gasteiger partial charge < -0.3 is 44.4 Å². The molecule has 4 atom stereocenters. The summed E-state index contributed by atoms with van der Waals surface area (Å²) in [5.74, 6) is 0. The summed E-state index contributed by atoms with van der Waals surface area (Å²) in [6.07, 6.45) is 2.70. The molecule has 8 nitrogen and oxygen atoms in total. The van der Waals surface area contributed by atoms with Crippen LogP contribution in [0, 0.1) is 7.43 Å². The number of rotatable bonds is 11. The van der Waals surface area contributed by atoms with E-state index in [0.29, 0.717) is 26.1 Å². The molecule has 2 heterocycles. The molecule has 0 radical (unpaired) electrons. The Morgan fingerprint density at radius 2 is 0.817 bits per heavy atom. The van der Waals surface area contributed by atoms with Gasteiger partial charge in [-0.05, 0) is 78.1 Å². The van der Waals surface area contributed by atoms with Crippen molar-refractivity contribution in [3.63, 3.8) is 0 Å². The molecule has 2 spiro atoms. The first-order valence-electron chi connectivity index (χ1n) is 21.9. The van der Waals surface area contributed by atoms with Crippen LogP contribution < -0.4 is 0 Å². The number of benzene rings is 1. The molecule has 4 fully saturated rings. The van der Waals surface area contributed by atoms with Gasteiger partial charge >= 0.3 is 0 Å². The molecular formula is C47H93O8PdSi4-. The number of ether oxygens (including phenoxy) is 3. The van der Waals surface area contributed by atoms with E-state index in [2.05, 4.69) is 160 Å². The summed E-state index contributed by atoms with van der Waals surface area (Å²) in [6, 6.07) is 10.4. The molecule has 4 aliphatic rings. The summed E-state index contributed by atoms with van der Waals surface area (Å²) in [6.45, 7) is 47.8. The van der Waals surface area contributed by atoms with Crippen LogP contribution in [0.15, 0.2) is 30.3 Å². The van der Waals surface area contributed by atoms with Crippen molar-refractivity contribution in [3.8, 4) is 0 Å². The van der Waals surface area contributed by atoms with Crippen LogP contribution in [0.1, 0.15) is 122 Å². The van der Waals surface area contributed by atoms with Gasteiger partial charge in [-0.3, -0.25) is 0 Å². The van der Waals surface area contributed by atoms with Crippen molar-refractivity contribution < 1.29 is 57.4 Å². The molecule has 1 N–H and O–H groups in total. The number of aliphatic hydroxyl groups is 1. The van der Waals surface area contributed by atoms with Crippen molar-refractivity contribution in [1.82, 2.24) is 0 Å². The minimum Gasteiger partial charge on any atom is -0.411 e. The molecule has 1 aromatic carbocycles. The molecule has 0 unspecified atom stereocenters. The van der Waals surface area contributed by atoms with Gasteiger partial charge in [-0.1, -0.05) is 121 Å². The number of hydrogen-bond donors (Lipinski definition) is 1. The monoisotopic (exact) mass is 1000 g/mol. The molecule has 60 heavy (non-hydrogen) atoms. The van der Waals surface area contributed by atoms with Gasteiger partial charge in [-0.2, -0.15) is 0 Å². The van der Waals surface area contributed by atoms with E-state index in [1.54, 1.807) is 0 Å². The Morgan fingerprint density at radius 1 is 0.550 bits per heavy atom. The first-order valence-corrected chi connectivity index (χ1v) is 33.6. The summed E-state index contributed by atoms with van der Waals surface area (Å²) < 4.78 is 46.1. The second-order valence-electron chi connectivity index (χ2n) is 24.0. The summed E-state index contributed by atoms with van der Waals surface area (Å²) in [7, 11) is -7.79. The molecule has 0 aromatic heterocycles. The van der Waals surface area contributed by atoms with E-state index in [1.807, 2.05) is 6.07 Å². The molecule has 13 heteroatoms. The molecule has 5 rings (SSSR count). The smallest absolute Gasteiger partial charge is 0.192 e. The van der Waals surface area contributed by atoms with Gasteiger partial charge in [0.25, 0.3) is 0 Å². The molecule has 0 bridgehead atoms. The minimum atomic E-state index is -1.96. The summed E-state index contributed by atoms with van der Waals surface area (Å²) in [5, 5.41) is 11.1. The zero-order valence-electron chi connectivity index (χ0n) is 41.4. The first-order chi connectivity index (χ1) is 25.6. The molecule has 2 saturated heterocycles. The Hall–Kier alpha value is 0.430. The fourth-order valence-electron chi connectivity index (χ4n) is 6.93. The topological polar surface area (TPSA) is 91.4 Å². The predicted molar refractivity (Wildman–Crippen MR) is 258 cm³/mol. The van der Waals surface area contributed by atoms with Gasteiger partial charge in [0.1, 0.15) is 11.2 Å². The number of hydrogen-bond acceptors (Lipinski definition) is 8. The average molecular weight is 1010 g/mol. The molecular weight excluding hydrogens is 911 g/mol. The van der Waals surface area contributed by atoms with Gasteiger partial charge in [0.2, 0.25) is 0 Å². The number of epoxide rings is 2. The second-order valence-corrected chi connectivity index (χ2v) is 43.0. The van der Waals surface area contributed by atoms with Crippen molar-refractivity contribution in [1.29, 1.82) is 0 Å². The van der Waals surface area contributed by atoms with E-state index in [0.717, 1.165) is 19.4 Å². The van der Waals surface area contributed by atoms with E-state index in [1.165, 1.54) is 5.56 Å². The van der Waals surface area contributed by atoms with Crippen molar-refractivity contribution >= 4 is 33.3 Å². The van der Waals surface area contributed by atoms with E-state index < -0.39 is 33.3 Å².